The predicted octanol–water partition coefficient (Wildman–Crippen LogP) is 4.86. The third-order valence-corrected chi connectivity index (χ3v) is 4.40. The molecule has 1 atom stereocenters. The molecular formula is C17H16BrClO2. The summed E-state index contributed by atoms with van der Waals surface area (Å²) in [4.78, 5) is 0. The average Bonchev–Trinajstić information content (AvgIpc) is 2.98. The first-order valence-corrected chi connectivity index (χ1v) is 8.16. The zero-order chi connectivity index (χ0) is 14.7. The van der Waals surface area contributed by atoms with Crippen molar-refractivity contribution in [3.8, 4) is 5.75 Å². The fourth-order valence-electron chi connectivity index (χ4n) is 2.43. The molecule has 2 aromatic rings. The molecule has 0 amide bonds. The molecule has 0 saturated carbocycles. The second-order valence-electron chi connectivity index (χ2n) is 5.12. The molecule has 0 bridgehead atoms. The van der Waals surface area contributed by atoms with Crippen molar-refractivity contribution in [2.75, 3.05) is 13.2 Å². The second-order valence-corrected chi connectivity index (χ2v) is 6.45. The van der Waals surface area contributed by atoms with Crippen molar-refractivity contribution in [3.05, 3.63) is 63.1 Å². The highest BCUT2D eigenvalue weighted by Crippen LogP contribution is 2.28. The number of hydrogen-bond acceptors (Lipinski definition) is 2. The van der Waals surface area contributed by atoms with Gasteiger partial charge in [0, 0.05) is 22.3 Å². The summed E-state index contributed by atoms with van der Waals surface area (Å²) in [6, 6.07) is 14.0. The van der Waals surface area contributed by atoms with Crippen LogP contribution < -0.4 is 4.74 Å². The van der Waals surface area contributed by atoms with Gasteiger partial charge in [-0.1, -0.05) is 45.7 Å². The summed E-state index contributed by atoms with van der Waals surface area (Å²) in [7, 11) is 0. The number of para-hydroxylation sites is 1. The van der Waals surface area contributed by atoms with Gasteiger partial charge in [0.15, 0.2) is 0 Å². The lowest BCUT2D eigenvalue weighted by atomic mass is 10.0. The standard InChI is InChI=1S/C17H16BrClO2/c18-14-5-6-16(19)13(10-14)9-12-3-1-2-4-17(12)21-15-7-8-20-11-15/h1-6,10,15H,7-9,11H2/t15-/m0/s1. The molecule has 2 nitrogen and oxygen atoms in total. The topological polar surface area (TPSA) is 18.5 Å². The number of halogens is 2. The van der Waals surface area contributed by atoms with Crippen molar-refractivity contribution in [2.24, 2.45) is 0 Å². The number of benzene rings is 2. The highest BCUT2D eigenvalue weighted by Gasteiger charge is 2.18. The van der Waals surface area contributed by atoms with E-state index in [9.17, 15) is 0 Å². The molecule has 1 saturated heterocycles. The van der Waals surface area contributed by atoms with Crippen LogP contribution in [-0.4, -0.2) is 19.3 Å². The Morgan fingerprint density at radius 3 is 2.86 bits per heavy atom. The van der Waals surface area contributed by atoms with Crippen molar-refractivity contribution in [1.82, 2.24) is 0 Å². The smallest absolute Gasteiger partial charge is 0.124 e. The van der Waals surface area contributed by atoms with Crippen LogP contribution >= 0.6 is 27.5 Å². The third kappa shape index (κ3) is 3.79. The van der Waals surface area contributed by atoms with E-state index in [0.717, 1.165) is 45.8 Å². The Kier molecular flexibility index (Phi) is 4.84. The molecule has 1 fully saturated rings. The fourth-order valence-corrected chi connectivity index (χ4v) is 3.03. The molecule has 1 aliphatic heterocycles. The summed E-state index contributed by atoms with van der Waals surface area (Å²) in [5.74, 6) is 0.920. The Bertz CT molecular complexity index is 624. The van der Waals surface area contributed by atoms with Crippen molar-refractivity contribution < 1.29 is 9.47 Å². The average molecular weight is 368 g/mol. The van der Waals surface area contributed by atoms with Gasteiger partial charge in [-0.3, -0.25) is 0 Å². The molecule has 0 spiro atoms. The summed E-state index contributed by atoms with van der Waals surface area (Å²) >= 11 is 9.78. The molecular weight excluding hydrogens is 352 g/mol. The zero-order valence-corrected chi connectivity index (χ0v) is 13.9. The predicted molar refractivity (Wildman–Crippen MR) is 88.3 cm³/mol. The van der Waals surface area contributed by atoms with Crippen LogP contribution in [0.5, 0.6) is 5.75 Å². The van der Waals surface area contributed by atoms with Gasteiger partial charge in [-0.15, -0.1) is 0 Å². The summed E-state index contributed by atoms with van der Waals surface area (Å²) in [6.07, 6.45) is 1.86. The van der Waals surface area contributed by atoms with E-state index in [4.69, 9.17) is 21.1 Å². The molecule has 21 heavy (non-hydrogen) atoms. The normalized spacial score (nSPS) is 17.9. The Balaban J connectivity index is 1.82. The molecule has 0 N–H and O–H groups in total. The minimum atomic E-state index is 0.157. The quantitative estimate of drug-likeness (QED) is 0.768. The third-order valence-electron chi connectivity index (χ3n) is 3.54. The van der Waals surface area contributed by atoms with Crippen molar-refractivity contribution in [2.45, 2.75) is 18.9 Å². The summed E-state index contributed by atoms with van der Waals surface area (Å²) in [6.45, 7) is 1.45. The maximum Gasteiger partial charge on any atom is 0.124 e. The molecule has 3 rings (SSSR count). The second kappa shape index (κ2) is 6.82. The lowest BCUT2D eigenvalue weighted by molar-refractivity contribution is 0.140. The largest absolute Gasteiger partial charge is 0.488 e. The van der Waals surface area contributed by atoms with Crippen LogP contribution in [0.3, 0.4) is 0 Å². The molecule has 0 radical (unpaired) electrons. The van der Waals surface area contributed by atoms with E-state index in [1.807, 2.05) is 30.3 Å². The zero-order valence-electron chi connectivity index (χ0n) is 11.5. The number of ether oxygens (including phenoxy) is 2. The molecule has 2 aromatic carbocycles. The molecule has 4 heteroatoms. The molecule has 1 aliphatic rings. The van der Waals surface area contributed by atoms with Gasteiger partial charge in [-0.2, -0.15) is 0 Å². The minimum absolute atomic E-state index is 0.157. The van der Waals surface area contributed by atoms with Crippen LogP contribution in [-0.2, 0) is 11.2 Å². The molecule has 0 aliphatic carbocycles. The molecule has 110 valence electrons. The van der Waals surface area contributed by atoms with Crippen molar-refractivity contribution in [1.29, 1.82) is 0 Å². The van der Waals surface area contributed by atoms with E-state index in [-0.39, 0.29) is 6.10 Å². The van der Waals surface area contributed by atoms with Gasteiger partial charge in [-0.05, 0) is 35.4 Å². The van der Waals surface area contributed by atoms with Gasteiger partial charge >= 0.3 is 0 Å². The van der Waals surface area contributed by atoms with Crippen LogP contribution in [0.2, 0.25) is 5.02 Å². The monoisotopic (exact) mass is 366 g/mol. The molecule has 1 heterocycles. The summed E-state index contributed by atoms with van der Waals surface area (Å²) in [5.41, 5.74) is 2.23. The number of rotatable bonds is 4. The fraction of sp³-hybridized carbons (Fsp3) is 0.294. The number of hydrogen-bond donors (Lipinski definition) is 0. The maximum atomic E-state index is 6.29. The lowest BCUT2D eigenvalue weighted by Gasteiger charge is -2.16. The van der Waals surface area contributed by atoms with Gasteiger partial charge in [0.2, 0.25) is 0 Å². The van der Waals surface area contributed by atoms with E-state index in [1.54, 1.807) is 0 Å². The van der Waals surface area contributed by atoms with Crippen molar-refractivity contribution >= 4 is 27.5 Å². The summed E-state index contributed by atoms with van der Waals surface area (Å²) < 4.78 is 12.5. The highest BCUT2D eigenvalue weighted by atomic mass is 79.9. The highest BCUT2D eigenvalue weighted by molar-refractivity contribution is 9.10. The Labute approximate surface area is 138 Å². The first-order valence-electron chi connectivity index (χ1n) is 6.98. The maximum absolute atomic E-state index is 6.29. The Morgan fingerprint density at radius 2 is 2.05 bits per heavy atom. The Hall–Kier alpha value is -1.03. The van der Waals surface area contributed by atoms with Crippen LogP contribution in [0, 0.1) is 0 Å². The van der Waals surface area contributed by atoms with Gasteiger partial charge in [0.05, 0.1) is 13.2 Å². The Morgan fingerprint density at radius 1 is 1.19 bits per heavy atom. The van der Waals surface area contributed by atoms with E-state index >= 15 is 0 Å². The van der Waals surface area contributed by atoms with Gasteiger partial charge in [-0.25, -0.2) is 0 Å². The minimum Gasteiger partial charge on any atom is -0.488 e. The summed E-state index contributed by atoms with van der Waals surface area (Å²) in [5, 5.41) is 0.775. The van der Waals surface area contributed by atoms with Crippen LogP contribution in [0.4, 0.5) is 0 Å². The molecule has 0 aromatic heterocycles. The van der Waals surface area contributed by atoms with Gasteiger partial charge < -0.3 is 9.47 Å². The van der Waals surface area contributed by atoms with E-state index in [0.29, 0.717) is 6.61 Å². The molecule has 0 unspecified atom stereocenters. The van der Waals surface area contributed by atoms with E-state index in [2.05, 4.69) is 28.1 Å². The van der Waals surface area contributed by atoms with Crippen LogP contribution in [0.15, 0.2) is 46.9 Å². The van der Waals surface area contributed by atoms with E-state index < -0.39 is 0 Å². The first-order chi connectivity index (χ1) is 10.2. The lowest BCUT2D eigenvalue weighted by Crippen LogP contribution is -2.16. The SMILES string of the molecule is Clc1ccc(Br)cc1Cc1ccccc1O[C@H]1CCOC1. The van der Waals surface area contributed by atoms with Gasteiger partial charge in [0.1, 0.15) is 11.9 Å². The van der Waals surface area contributed by atoms with E-state index in [1.165, 1.54) is 0 Å². The van der Waals surface area contributed by atoms with Crippen LogP contribution in [0.25, 0.3) is 0 Å². The first kappa shape index (κ1) is 14.9. The van der Waals surface area contributed by atoms with Gasteiger partial charge in [0.25, 0.3) is 0 Å². The van der Waals surface area contributed by atoms with Crippen molar-refractivity contribution in [3.63, 3.8) is 0 Å². The van der Waals surface area contributed by atoms with Crippen LogP contribution in [0.1, 0.15) is 17.5 Å².